The SMILES string of the molecule is CCC(N)(CC)CNC(=O)c1cnn(CC(=O)NC2CCCCC2)c1. The van der Waals surface area contributed by atoms with Crippen LogP contribution in [0.25, 0.3) is 0 Å². The first-order valence-corrected chi connectivity index (χ1v) is 9.34. The topological polar surface area (TPSA) is 102 Å². The maximum Gasteiger partial charge on any atom is 0.254 e. The van der Waals surface area contributed by atoms with Gasteiger partial charge in [0.25, 0.3) is 5.91 Å². The van der Waals surface area contributed by atoms with Gasteiger partial charge in [-0.3, -0.25) is 14.3 Å². The van der Waals surface area contributed by atoms with Crippen molar-refractivity contribution in [1.82, 2.24) is 20.4 Å². The van der Waals surface area contributed by atoms with Gasteiger partial charge in [0.15, 0.2) is 0 Å². The predicted molar refractivity (Wildman–Crippen MR) is 97.1 cm³/mol. The summed E-state index contributed by atoms with van der Waals surface area (Å²) in [5, 5.41) is 10.0. The van der Waals surface area contributed by atoms with Crippen molar-refractivity contribution >= 4 is 11.8 Å². The minimum Gasteiger partial charge on any atom is -0.352 e. The number of aromatic nitrogens is 2. The lowest BCUT2D eigenvalue weighted by atomic mass is 9.94. The van der Waals surface area contributed by atoms with Gasteiger partial charge < -0.3 is 16.4 Å². The molecule has 1 aliphatic rings. The minimum absolute atomic E-state index is 0.0556. The summed E-state index contributed by atoms with van der Waals surface area (Å²) in [5.74, 6) is -0.268. The average molecular weight is 349 g/mol. The highest BCUT2D eigenvalue weighted by atomic mass is 16.2. The van der Waals surface area contributed by atoms with Crippen LogP contribution >= 0.6 is 0 Å². The molecule has 0 bridgehead atoms. The number of carbonyl (C=O) groups is 2. The molecule has 4 N–H and O–H groups in total. The van der Waals surface area contributed by atoms with Gasteiger partial charge in [-0.15, -0.1) is 0 Å². The van der Waals surface area contributed by atoms with E-state index in [2.05, 4.69) is 15.7 Å². The van der Waals surface area contributed by atoms with Crippen LogP contribution in [0, 0.1) is 0 Å². The van der Waals surface area contributed by atoms with Crippen molar-refractivity contribution in [3.63, 3.8) is 0 Å². The van der Waals surface area contributed by atoms with Gasteiger partial charge in [0.1, 0.15) is 6.54 Å². The molecular formula is C18H31N5O2. The predicted octanol–water partition coefficient (Wildman–Crippen LogP) is 1.58. The molecule has 0 aromatic carbocycles. The van der Waals surface area contributed by atoms with Gasteiger partial charge in [-0.05, 0) is 25.7 Å². The Labute approximate surface area is 149 Å². The van der Waals surface area contributed by atoms with Crippen LogP contribution in [0.1, 0.15) is 69.2 Å². The third-order valence-corrected chi connectivity index (χ3v) is 5.18. The minimum atomic E-state index is -0.383. The number of nitrogens with two attached hydrogens (primary N) is 1. The lowest BCUT2D eigenvalue weighted by molar-refractivity contribution is -0.122. The van der Waals surface area contributed by atoms with Gasteiger partial charge in [-0.2, -0.15) is 5.10 Å². The van der Waals surface area contributed by atoms with Crippen molar-refractivity contribution < 1.29 is 9.59 Å². The maximum atomic E-state index is 12.2. The van der Waals surface area contributed by atoms with Crippen LogP contribution in [-0.2, 0) is 11.3 Å². The third-order valence-electron chi connectivity index (χ3n) is 5.18. The molecule has 0 spiro atoms. The Kier molecular flexibility index (Phi) is 6.99. The number of carbonyl (C=O) groups excluding carboxylic acids is 2. The second kappa shape index (κ2) is 8.99. The molecule has 140 valence electrons. The van der Waals surface area contributed by atoms with Crippen LogP contribution in [0.15, 0.2) is 12.4 Å². The quantitative estimate of drug-likeness (QED) is 0.663. The summed E-state index contributed by atoms with van der Waals surface area (Å²) in [6.45, 7) is 4.58. The van der Waals surface area contributed by atoms with E-state index in [1.807, 2.05) is 13.8 Å². The molecule has 0 aliphatic heterocycles. The molecular weight excluding hydrogens is 318 g/mol. The summed E-state index contributed by atoms with van der Waals surface area (Å²) in [5.41, 5.74) is 6.26. The van der Waals surface area contributed by atoms with E-state index in [9.17, 15) is 9.59 Å². The van der Waals surface area contributed by atoms with E-state index in [1.54, 1.807) is 6.20 Å². The Morgan fingerprint density at radius 1 is 1.28 bits per heavy atom. The van der Waals surface area contributed by atoms with Crippen molar-refractivity contribution in [3.05, 3.63) is 18.0 Å². The van der Waals surface area contributed by atoms with Crippen LogP contribution < -0.4 is 16.4 Å². The van der Waals surface area contributed by atoms with E-state index in [0.717, 1.165) is 25.7 Å². The van der Waals surface area contributed by atoms with E-state index < -0.39 is 0 Å². The second-order valence-corrected chi connectivity index (χ2v) is 7.08. The zero-order valence-electron chi connectivity index (χ0n) is 15.4. The number of nitrogens with one attached hydrogen (secondary N) is 2. The highest BCUT2D eigenvalue weighted by Gasteiger charge is 2.22. The molecule has 0 radical (unpaired) electrons. The van der Waals surface area contributed by atoms with Crippen LogP contribution in [-0.4, -0.2) is 39.7 Å². The van der Waals surface area contributed by atoms with Gasteiger partial charge in [-0.1, -0.05) is 33.1 Å². The number of nitrogens with zero attached hydrogens (tertiary/aromatic N) is 2. The summed E-state index contributed by atoms with van der Waals surface area (Å²) in [4.78, 5) is 24.3. The molecule has 7 nitrogen and oxygen atoms in total. The van der Waals surface area contributed by atoms with Gasteiger partial charge >= 0.3 is 0 Å². The Hall–Kier alpha value is -1.89. The van der Waals surface area contributed by atoms with E-state index in [4.69, 9.17) is 5.73 Å². The molecule has 1 aliphatic carbocycles. The molecule has 2 rings (SSSR count). The van der Waals surface area contributed by atoms with Gasteiger partial charge in [-0.25, -0.2) is 0 Å². The van der Waals surface area contributed by atoms with E-state index >= 15 is 0 Å². The molecule has 2 amide bonds. The first kappa shape index (κ1) is 19.4. The van der Waals surface area contributed by atoms with Crippen LogP contribution in [0.2, 0.25) is 0 Å². The number of hydrogen-bond acceptors (Lipinski definition) is 4. The fourth-order valence-electron chi connectivity index (χ4n) is 3.09. The highest BCUT2D eigenvalue weighted by molar-refractivity contribution is 5.93. The Morgan fingerprint density at radius 3 is 2.60 bits per heavy atom. The highest BCUT2D eigenvalue weighted by Crippen LogP contribution is 2.17. The van der Waals surface area contributed by atoms with Gasteiger partial charge in [0.2, 0.25) is 5.91 Å². The molecule has 1 heterocycles. The van der Waals surface area contributed by atoms with E-state index in [1.165, 1.54) is 30.1 Å². The van der Waals surface area contributed by atoms with Gasteiger partial charge in [0.05, 0.1) is 11.8 Å². The summed E-state index contributed by atoms with van der Waals surface area (Å²) >= 11 is 0. The summed E-state index contributed by atoms with van der Waals surface area (Å²) in [6.07, 6.45) is 10.4. The molecule has 1 aromatic heterocycles. The molecule has 1 aromatic rings. The standard InChI is InChI=1S/C18H31N5O2/c1-3-18(19,4-2)13-20-17(25)14-10-21-23(11-14)12-16(24)22-15-8-6-5-7-9-15/h10-11,15H,3-9,12-13,19H2,1-2H3,(H,20,25)(H,22,24). The Bertz CT molecular complexity index is 574. The van der Waals surface area contributed by atoms with E-state index in [-0.39, 0.29) is 29.9 Å². The van der Waals surface area contributed by atoms with Crippen molar-refractivity contribution in [2.24, 2.45) is 5.73 Å². The second-order valence-electron chi connectivity index (χ2n) is 7.08. The Morgan fingerprint density at radius 2 is 1.96 bits per heavy atom. The lowest BCUT2D eigenvalue weighted by Crippen LogP contribution is -2.49. The van der Waals surface area contributed by atoms with Crippen LogP contribution in [0.5, 0.6) is 0 Å². The molecule has 25 heavy (non-hydrogen) atoms. The first-order chi connectivity index (χ1) is 12.0. The zero-order valence-corrected chi connectivity index (χ0v) is 15.4. The number of rotatable bonds is 8. The smallest absolute Gasteiger partial charge is 0.254 e. The van der Waals surface area contributed by atoms with E-state index in [0.29, 0.717) is 12.1 Å². The average Bonchev–Trinajstić information content (AvgIpc) is 3.08. The van der Waals surface area contributed by atoms with Crippen LogP contribution in [0.4, 0.5) is 0 Å². The lowest BCUT2D eigenvalue weighted by Gasteiger charge is -2.26. The largest absolute Gasteiger partial charge is 0.352 e. The molecule has 0 unspecified atom stereocenters. The van der Waals surface area contributed by atoms with Crippen molar-refractivity contribution in [2.45, 2.75) is 76.9 Å². The van der Waals surface area contributed by atoms with Gasteiger partial charge in [0, 0.05) is 24.3 Å². The zero-order chi connectivity index (χ0) is 18.3. The van der Waals surface area contributed by atoms with Crippen molar-refractivity contribution in [1.29, 1.82) is 0 Å². The summed E-state index contributed by atoms with van der Waals surface area (Å²) < 4.78 is 1.50. The maximum absolute atomic E-state index is 12.2. The van der Waals surface area contributed by atoms with Crippen molar-refractivity contribution in [2.75, 3.05) is 6.54 Å². The molecule has 1 fully saturated rings. The molecule has 0 saturated heterocycles. The monoisotopic (exact) mass is 349 g/mol. The first-order valence-electron chi connectivity index (χ1n) is 9.34. The molecule has 0 atom stereocenters. The number of amides is 2. The normalized spacial score (nSPS) is 15.8. The Balaban J connectivity index is 1.82. The molecule has 7 heteroatoms. The summed E-state index contributed by atoms with van der Waals surface area (Å²) in [7, 11) is 0. The fourth-order valence-corrected chi connectivity index (χ4v) is 3.09. The van der Waals surface area contributed by atoms with Crippen molar-refractivity contribution in [3.8, 4) is 0 Å². The molecule has 1 saturated carbocycles. The summed E-state index contributed by atoms with van der Waals surface area (Å²) in [6, 6.07) is 0.278. The fraction of sp³-hybridized carbons (Fsp3) is 0.722. The van der Waals surface area contributed by atoms with Crippen LogP contribution in [0.3, 0.4) is 0 Å². The third kappa shape index (κ3) is 5.85. The number of hydrogen-bond donors (Lipinski definition) is 3.